The van der Waals surface area contributed by atoms with Crippen LogP contribution >= 0.6 is 22.7 Å². The third-order valence-electron chi connectivity index (χ3n) is 3.60. The molecule has 146 valence electrons. The molecule has 0 radical (unpaired) electrons. The van der Waals surface area contributed by atoms with Crippen molar-refractivity contribution in [2.45, 2.75) is 19.6 Å². The molecule has 2 aromatic heterocycles. The molecule has 28 heavy (non-hydrogen) atoms. The summed E-state index contributed by atoms with van der Waals surface area (Å²) in [6, 6.07) is 8.90. The van der Waals surface area contributed by atoms with Gasteiger partial charge in [0.1, 0.15) is 11.8 Å². The monoisotopic (exact) mass is 423 g/mol. The first kappa shape index (κ1) is 19.9. The SMILES string of the molecule is CC(NC(=O)c1cccs1)C(=O)Nc1nc(-c2ccccc2OC(F)F)cs1. The van der Waals surface area contributed by atoms with E-state index in [1.807, 2.05) is 0 Å². The number of aromatic nitrogens is 1. The quantitative estimate of drug-likeness (QED) is 0.596. The van der Waals surface area contributed by atoms with Crippen LogP contribution in [0.4, 0.5) is 13.9 Å². The minimum absolute atomic E-state index is 0.00254. The normalized spacial score (nSPS) is 11.9. The molecule has 10 heteroatoms. The maximum absolute atomic E-state index is 12.6. The third-order valence-corrected chi connectivity index (χ3v) is 5.23. The first-order valence-corrected chi connectivity index (χ1v) is 9.85. The number of thiazole rings is 1. The Morgan fingerprint density at radius 1 is 1.14 bits per heavy atom. The largest absolute Gasteiger partial charge is 0.434 e. The van der Waals surface area contributed by atoms with E-state index < -0.39 is 18.6 Å². The molecule has 3 aromatic rings. The molecule has 2 N–H and O–H groups in total. The number of amides is 2. The van der Waals surface area contributed by atoms with E-state index in [1.54, 1.807) is 48.0 Å². The molecular weight excluding hydrogens is 408 g/mol. The number of carbonyl (C=O) groups excluding carboxylic acids is 2. The number of halogens is 2. The van der Waals surface area contributed by atoms with Gasteiger partial charge in [0.2, 0.25) is 5.91 Å². The zero-order chi connectivity index (χ0) is 20.1. The van der Waals surface area contributed by atoms with Gasteiger partial charge in [-0.15, -0.1) is 22.7 Å². The average molecular weight is 423 g/mol. The van der Waals surface area contributed by atoms with Gasteiger partial charge in [0.05, 0.1) is 10.6 Å². The molecule has 0 saturated heterocycles. The fraction of sp³-hybridized carbons (Fsp3) is 0.167. The summed E-state index contributed by atoms with van der Waals surface area (Å²) < 4.78 is 29.6. The van der Waals surface area contributed by atoms with Crippen LogP contribution in [-0.2, 0) is 4.79 Å². The Balaban J connectivity index is 1.66. The van der Waals surface area contributed by atoms with Crippen LogP contribution < -0.4 is 15.4 Å². The molecule has 2 amide bonds. The number of rotatable bonds is 7. The van der Waals surface area contributed by atoms with E-state index in [2.05, 4.69) is 20.4 Å². The number of carbonyl (C=O) groups is 2. The summed E-state index contributed by atoms with van der Waals surface area (Å²) in [5.74, 6) is -0.782. The Hall–Kier alpha value is -2.85. The molecule has 1 atom stereocenters. The number of ether oxygens (including phenoxy) is 1. The fourth-order valence-electron chi connectivity index (χ4n) is 2.29. The molecule has 0 bridgehead atoms. The lowest BCUT2D eigenvalue weighted by Gasteiger charge is -2.12. The van der Waals surface area contributed by atoms with Gasteiger partial charge >= 0.3 is 6.61 Å². The number of alkyl halides is 2. The number of nitrogens with zero attached hydrogens (tertiary/aromatic N) is 1. The molecule has 6 nitrogen and oxygen atoms in total. The number of hydrogen-bond donors (Lipinski definition) is 2. The van der Waals surface area contributed by atoms with Crippen molar-refractivity contribution in [3.8, 4) is 17.0 Å². The van der Waals surface area contributed by atoms with E-state index >= 15 is 0 Å². The van der Waals surface area contributed by atoms with Crippen LogP contribution in [0.1, 0.15) is 16.6 Å². The summed E-state index contributed by atoms with van der Waals surface area (Å²) in [5.41, 5.74) is 0.783. The Bertz CT molecular complexity index is 961. The van der Waals surface area contributed by atoms with Gasteiger partial charge in [0, 0.05) is 10.9 Å². The maximum Gasteiger partial charge on any atom is 0.387 e. The van der Waals surface area contributed by atoms with Gasteiger partial charge in [0.25, 0.3) is 5.91 Å². The maximum atomic E-state index is 12.6. The fourth-order valence-corrected chi connectivity index (χ4v) is 3.63. The van der Waals surface area contributed by atoms with E-state index in [9.17, 15) is 18.4 Å². The van der Waals surface area contributed by atoms with Gasteiger partial charge in [-0.1, -0.05) is 18.2 Å². The Labute approximate surface area is 167 Å². The molecular formula is C18H15F2N3O3S2. The van der Waals surface area contributed by atoms with Crippen LogP contribution in [0.3, 0.4) is 0 Å². The molecule has 1 aromatic carbocycles. The summed E-state index contributed by atoms with van der Waals surface area (Å²) in [5, 5.41) is 8.89. The van der Waals surface area contributed by atoms with Crippen molar-refractivity contribution in [1.82, 2.24) is 10.3 Å². The second-order valence-electron chi connectivity index (χ2n) is 5.57. The molecule has 3 rings (SSSR count). The zero-order valence-electron chi connectivity index (χ0n) is 14.5. The van der Waals surface area contributed by atoms with Crippen molar-refractivity contribution >= 4 is 39.6 Å². The second kappa shape index (κ2) is 8.89. The highest BCUT2D eigenvalue weighted by molar-refractivity contribution is 7.14. The van der Waals surface area contributed by atoms with E-state index in [1.165, 1.54) is 17.4 Å². The van der Waals surface area contributed by atoms with Gasteiger partial charge in [0.15, 0.2) is 5.13 Å². The van der Waals surface area contributed by atoms with Crippen LogP contribution in [-0.4, -0.2) is 29.5 Å². The van der Waals surface area contributed by atoms with Crippen molar-refractivity contribution in [1.29, 1.82) is 0 Å². The molecule has 0 aliphatic heterocycles. The molecule has 0 aliphatic carbocycles. The Morgan fingerprint density at radius 2 is 1.93 bits per heavy atom. The number of para-hydroxylation sites is 1. The molecule has 1 unspecified atom stereocenters. The van der Waals surface area contributed by atoms with E-state index in [0.29, 0.717) is 16.1 Å². The Kier molecular flexibility index (Phi) is 6.32. The smallest absolute Gasteiger partial charge is 0.387 e. The second-order valence-corrected chi connectivity index (χ2v) is 7.38. The van der Waals surface area contributed by atoms with Gasteiger partial charge in [-0.2, -0.15) is 8.78 Å². The third kappa shape index (κ3) is 4.90. The molecule has 0 fully saturated rings. The molecule has 0 aliphatic rings. The lowest BCUT2D eigenvalue weighted by Crippen LogP contribution is -2.41. The first-order chi connectivity index (χ1) is 13.4. The van der Waals surface area contributed by atoms with Crippen LogP contribution in [0.25, 0.3) is 11.3 Å². The van der Waals surface area contributed by atoms with Crippen molar-refractivity contribution in [3.63, 3.8) is 0 Å². The molecule has 0 saturated carbocycles. The summed E-state index contributed by atoms with van der Waals surface area (Å²) in [7, 11) is 0. The van der Waals surface area contributed by atoms with Gasteiger partial charge in [-0.3, -0.25) is 9.59 Å². The highest BCUT2D eigenvalue weighted by Crippen LogP contribution is 2.33. The number of hydrogen-bond acceptors (Lipinski definition) is 6. The Morgan fingerprint density at radius 3 is 2.64 bits per heavy atom. The summed E-state index contributed by atoms with van der Waals surface area (Å²) >= 11 is 2.41. The predicted molar refractivity (Wildman–Crippen MR) is 104 cm³/mol. The van der Waals surface area contributed by atoms with Crippen molar-refractivity contribution in [2.75, 3.05) is 5.32 Å². The zero-order valence-corrected chi connectivity index (χ0v) is 16.2. The molecule has 0 spiro atoms. The summed E-state index contributed by atoms with van der Waals surface area (Å²) in [6.45, 7) is -1.40. The van der Waals surface area contributed by atoms with Gasteiger partial charge in [-0.05, 0) is 30.5 Å². The van der Waals surface area contributed by atoms with Crippen LogP contribution in [0.2, 0.25) is 0 Å². The van der Waals surface area contributed by atoms with Gasteiger partial charge in [-0.25, -0.2) is 4.98 Å². The number of thiophene rings is 1. The van der Waals surface area contributed by atoms with Crippen molar-refractivity contribution in [3.05, 3.63) is 52.0 Å². The number of benzene rings is 1. The van der Waals surface area contributed by atoms with Crippen molar-refractivity contribution < 1.29 is 23.1 Å². The van der Waals surface area contributed by atoms with Crippen LogP contribution in [0.15, 0.2) is 47.2 Å². The van der Waals surface area contributed by atoms with E-state index in [0.717, 1.165) is 11.3 Å². The predicted octanol–water partition coefficient (Wildman–Crippen LogP) is 4.23. The summed E-state index contributed by atoms with van der Waals surface area (Å²) in [4.78, 5) is 29.1. The first-order valence-electron chi connectivity index (χ1n) is 8.09. The highest BCUT2D eigenvalue weighted by atomic mass is 32.1. The van der Waals surface area contributed by atoms with E-state index in [-0.39, 0.29) is 16.8 Å². The lowest BCUT2D eigenvalue weighted by molar-refractivity contribution is -0.117. The summed E-state index contributed by atoms with van der Waals surface area (Å²) in [6.07, 6.45) is 0. The average Bonchev–Trinajstić information content (AvgIpc) is 3.33. The standard InChI is InChI=1S/C18H15F2N3O3S2/c1-10(21-16(25)14-7-4-8-27-14)15(24)23-18-22-12(9-28-18)11-5-2-3-6-13(11)26-17(19)20/h2-10,17H,1H3,(H,21,25)(H,22,23,24). The van der Waals surface area contributed by atoms with Crippen LogP contribution in [0.5, 0.6) is 5.75 Å². The number of anilines is 1. The highest BCUT2D eigenvalue weighted by Gasteiger charge is 2.19. The minimum atomic E-state index is -2.95. The molecule has 2 heterocycles. The minimum Gasteiger partial charge on any atom is -0.434 e. The van der Waals surface area contributed by atoms with E-state index in [4.69, 9.17) is 0 Å². The van der Waals surface area contributed by atoms with Crippen LogP contribution in [0, 0.1) is 0 Å². The van der Waals surface area contributed by atoms with Crippen molar-refractivity contribution in [2.24, 2.45) is 0 Å². The topological polar surface area (TPSA) is 80.3 Å². The number of nitrogens with one attached hydrogen (secondary N) is 2. The lowest BCUT2D eigenvalue weighted by atomic mass is 10.1. The van der Waals surface area contributed by atoms with Gasteiger partial charge < -0.3 is 15.4 Å².